The zero-order chi connectivity index (χ0) is 39.9. The molecule has 0 rings (SSSR count). The molecule has 0 aliphatic carbocycles. The highest BCUT2D eigenvalue weighted by molar-refractivity contribution is 7.47. The van der Waals surface area contributed by atoms with E-state index in [4.69, 9.17) is 18.5 Å². The molecule has 0 aromatic carbocycles. The van der Waals surface area contributed by atoms with Crippen molar-refractivity contribution in [2.75, 3.05) is 54.1 Å². The summed E-state index contributed by atoms with van der Waals surface area (Å²) in [5.74, 6) is -0.322. The number of hydrogen-bond donors (Lipinski definition) is 1. The van der Waals surface area contributed by atoms with Gasteiger partial charge < -0.3 is 18.9 Å². The Balaban J connectivity index is 4.23. The molecule has 0 heterocycles. The number of carbonyl (C=O) groups is 1. The molecule has 9 heteroatoms. The standard InChI is InChI=1S/C45H86NO7P/c1-6-8-10-12-14-16-18-20-22-23-24-25-26-28-30-32-34-36-38-45(47)53-44(43-52-54(48,49)51-41-39-46(3,4)5)42-50-40-37-35-33-31-29-27-21-19-17-15-13-11-9-7-2/h11,13,17,19,22-23,44H,6-10,12,14-16,18,20-21,24-43H2,1-5H3/p+1/b13-11-,19-17-,23-22-. The lowest BCUT2D eigenvalue weighted by Gasteiger charge is -2.24. The van der Waals surface area contributed by atoms with Gasteiger partial charge >= 0.3 is 13.8 Å². The van der Waals surface area contributed by atoms with Gasteiger partial charge in [0, 0.05) is 13.0 Å². The Morgan fingerprint density at radius 2 is 1.06 bits per heavy atom. The SMILES string of the molecule is CCC/C=C\C/C=C\CCCCCCCCOCC(COP(=O)(O)OCC[N+](C)(C)C)OC(=O)CCCCCCCCC/C=C\CCCCCCCCC. The van der Waals surface area contributed by atoms with Gasteiger partial charge in [-0.05, 0) is 64.2 Å². The largest absolute Gasteiger partial charge is 0.472 e. The minimum atomic E-state index is -4.28. The number of ether oxygens (including phenoxy) is 2. The summed E-state index contributed by atoms with van der Waals surface area (Å²) >= 11 is 0. The lowest BCUT2D eigenvalue weighted by molar-refractivity contribution is -0.870. The monoisotopic (exact) mass is 785 g/mol. The van der Waals surface area contributed by atoms with Gasteiger partial charge in [0.05, 0.1) is 34.4 Å². The van der Waals surface area contributed by atoms with E-state index in [1.54, 1.807) is 0 Å². The summed E-state index contributed by atoms with van der Waals surface area (Å²) in [4.78, 5) is 22.9. The van der Waals surface area contributed by atoms with E-state index >= 15 is 0 Å². The number of quaternary nitrogens is 1. The molecule has 0 aliphatic heterocycles. The second-order valence-electron chi connectivity index (χ2n) is 16.1. The fourth-order valence-corrected chi connectivity index (χ4v) is 6.68. The first-order valence-electron chi connectivity index (χ1n) is 22.2. The van der Waals surface area contributed by atoms with Gasteiger partial charge in [-0.3, -0.25) is 13.8 Å². The summed E-state index contributed by atoms with van der Waals surface area (Å²) in [7, 11) is 1.66. The number of phosphoric acid groups is 1. The van der Waals surface area contributed by atoms with E-state index in [0.717, 1.165) is 44.9 Å². The average Bonchev–Trinajstić information content (AvgIpc) is 3.12. The van der Waals surface area contributed by atoms with Crippen LogP contribution in [0.15, 0.2) is 36.5 Å². The fourth-order valence-electron chi connectivity index (χ4n) is 5.94. The van der Waals surface area contributed by atoms with Crippen molar-refractivity contribution in [3.05, 3.63) is 36.5 Å². The molecule has 0 aromatic rings. The number of phosphoric ester groups is 1. The molecule has 0 radical (unpaired) electrons. The van der Waals surface area contributed by atoms with Gasteiger partial charge in [-0.25, -0.2) is 4.57 Å². The number of carbonyl (C=O) groups excluding carboxylic acids is 1. The first-order chi connectivity index (χ1) is 26.1. The number of esters is 1. The van der Waals surface area contributed by atoms with E-state index in [1.165, 1.54) is 122 Å². The molecule has 54 heavy (non-hydrogen) atoms. The number of rotatable bonds is 41. The maximum atomic E-state index is 12.7. The summed E-state index contributed by atoms with van der Waals surface area (Å²) < 4.78 is 35.0. The highest BCUT2D eigenvalue weighted by Crippen LogP contribution is 2.43. The summed E-state index contributed by atoms with van der Waals surface area (Å²) in [5, 5.41) is 0. The van der Waals surface area contributed by atoms with Crippen LogP contribution in [-0.2, 0) is 27.9 Å². The number of nitrogens with zero attached hydrogens (tertiary/aromatic N) is 1. The summed E-state index contributed by atoms with van der Waals surface area (Å²) in [6, 6.07) is 0. The Kier molecular flexibility index (Phi) is 37.7. The molecule has 1 N–H and O–H groups in total. The second-order valence-corrected chi connectivity index (χ2v) is 17.5. The van der Waals surface area contributed by atoms with Gasteiger partial charge in [0.2, 0.25) is 0 Å². The van der Waals surface area contributed by atoms with E-state index in [9.17, 15) is 14.3 Å². The molecule has 2 atom stereocenters. The molecule has 0 spiro atoms. The van der Waals surface area contributed by atoms with E-state index in [0.29, 0.717) is 24.1 Å². The molecule has 0 amide bonds. The third-order valence-corrected chi connectivity index (χ3v) is 10.4. The van der Waals surface area contributed by atoms with Crippen LogP contribution < -0.4 is 0 Å². The van der Waals surface area contributed by atoms with Gasteiger partial charge in [-0.15, -0.1) is 0 Å². The Labute approximate surface area is 334 Å². The number of hydrogen-bond acceptors (Lipinski definition) is 6. The third-order valence-electron chi connectivity index (χ3n) is 9.40. The minimum Gasteiger partial charge on any atom is -0.457 e. The van der Waals surface area contributed by atoms with Crippen molar-refractivity contribution >= 4 is 13.8 Å². The van der Waals surface area contributed by atoms with Crippen LogP contribution in [0.2, 0.25) is 0 Å². The summed E-state index contributed by atoms with van der Waals surface area (Å²) in [5.41, 5.74) is 0. The molecule has 0 fully saturated rings. The number of allylic oxidation sites excluding steroid dienone is 6. The highest BCUT2D eigenvalue weighted by atomic mass is 31.2. The molecular weight excluding hydrogens is 697 g/mol. The zero-order valence-corrected chi connectivity index (χ0v) is 36.9. The van der Waals surface area contributed by atoms with E-state index in [2.05, 4.69) is 50.3 Å². The molecule has 0 saturated heterocycles. The molecule has 0 bridgehead atoms. The van der Waals surface area contributed by atoms with Crippen LogP contribution in [0, 0.1) is 0 Å². The zero-order valence-electron chi connectivity index (χ0n) is 36.0. The maximum Gasteiger partial charge on any atom is 0.472 e. The minimum absolute atomic E-state index is 0.0854. The van der Waals surface area contributed by atoms with Gasteiger partial charge in [-0.1, -0.05) is 153 Å². The first kappa shape index (κ1) is 52.7. The normalized spacial score (nSPS) is 14.1. The molecule has 0 aromatic heterocycles. The molecular formula is C45H87NO7P+. The van der Waals surface area contributed by atoms with Gasteiger partial charge in [-0.2, -0.15) is 0 Å². The van der Waals surface area contributed by atoms with Gasteiger partial charge in [0.1, 0.15) is 19.3 Å². The fraction of sp³-hybridized carbons (Fsp3) is 0.844. The smallest absolute Gasteiger partial charge is 0.457 e. The van der Waals surface area contributed by atoms with Crippen molar-refractivity contribution in [2.45, 2.75) is 193 Å². The van der Waals surface area contributed by atoms with Crippen molar-refractivity contribution in [1.29, 1.82) is 0 Å². The predicted molar refractivity (Wildman–Crippen MR) is 229 cm³/mol. The van der Waals surface area contributed by atoms with E-state index in [-0.39, 0.29) is 25.8 Å². The topological polar surface area (TPSA) is 91.3 Å². The maximum absolute atomic E-state index is 12.7. The second kappa shape index (κ2) is 38.6. The van der Waals surface area contributed by atoms with Crippen molar-refractivity contribution in [3.63, 3.8) is 0 Å². The van der Waals surface area contributed by atoms with Gasteiger partial charge in [0.25, 0.3) is 0 Å². The van der Waals surface area contributed by atoms with Crippen LogP contribution >= 0.6 is 7.82 Å². The van der Waals surface area contributed by atoms with Crippen LogP contribution in [0.4, 0.5) is 0 Å². The summed E-state index contributed by atoms with van der Waals surface area (Å²) in [6.07, 6.45) is 44.6. The Bertz CT molecular complexity index is 962. The van der Waals surface area contributed by atoms with Crippen LogP contribution in [0.3, 0.4) is 0 Å². The Hall–Kier alpha value is -1.28. The highest BCUT2D eigenvalue weighted by Gasteiger charge is 2.26. The molecule has 0 aliphatic rings. The van der Waals surface area contributed by atoms with Crippen LogP contribution in [-0.4, -0.2) is 75.6 Å². The van der Waals surface area contributed by atoms with Crippen LogP contribution in [0.25, 0.3) is 0 Å². The predicted octanol–water partition coefficient (Wildman–Crippen LogP) is 13.0. The average molecular weight is 785 g/mol. The molecule has 318 valence electrons. The molecule has 0 saturated carbocycles. The Morgan fingerprint density at radius 1 is 0.574 bits per heavy atom. The van der Waals surface area contributed by atoms with E-state index in [1.807, 2.05) is 21.1 Å². The Morgan fingerprint density at radius 3 is 1.59 bits per heavy atom. The van der Waals surface area contributed by atoms with E-state index < -0.39 is 13.9 Å². The third kappa shape index (κ3) is 41.9. The molecule has 2 unspecified atom stereocenters. The van der Waals surface area contributed by atoms with Crippen LogP contribution in [0.5, 0.6) is 0 Å². The molecule has 8 nitrogen and oxygen atoms in total. The van der Waals surface area contributed by atoms with Gasteiger partial charge in [0.15, 0.2) is 0 Å². The lowest BCUT2D eigenvalue weighted by Crippen LogP contribution is -2.37. The number of unbranched alkanes of at least 4 members (excludes halogenated alkanes) is 21. The van der Waals surface area contributed by atoms with Crippen LogP contribution in [0.1, 0.15) is 187 Å². The van der Waals surface area contributed by atoms with Crippen molar-refractivity contribution in [3.8, 4) is 0 Å². The first-order valence-corrected chi connectivity index (χ1v) is 23.7. The summed E-state index contributed by atoms with van der Waals surface area (Å²) in [6.45, 7) is 5.54. The van der Waals surface area contributed by atoms with Crippen molar-refractivity contribution in [2.24, 2.45) is 0 Å². The van der Waals surface area contributed by atoms with Crippen molar-refractivity contribution < 1.29 is 37.3 Å². The lowest BCUT2D eigenvalue weighted by atomic mass is 10.1. The number of likely N-dealkylation sites (N-methyl/N-ethyl adjacent to an activating group) is 1. The van der Waals surface area contributed by atoms with Crippen molar-refractivity contribution in [1.82, 2.24) is 0 Å². The quantitative estimate of drug-likeness (QED) is 0.0217.